The number of unbranched alkanes of at least 4 members (excludes halogenated alkanes) is 5. The third-order valence-corrected chi connectivity index (χ3v) is 24.6. The predicted molar refractivity (Wildman–Crippen MR) is 596 cm³/mol. The highest BCUT2D eigenvalue weighted by molar-refractivity contribution is 8.77. The van der Waals surface area contributed by atoms with Crippen LogP contribution in [0.3, 0.4) is 0 Å². The lowest BCUT2D eigenvalue weighted by Crippen LogP contribution is -2.41. The van der Waals surface area contributed by atoms with Crippen LogP contribution in [0.5, 0.6) is 17.2 Å². The van der Waals surface area contributed by atoms with E-state index in [0.29, 0.717) is 114 Å². The van der Waals surface area contributed by atoms with Gasteiger partial charge in [-0.2, -0.15) is 0 Å². The number of carbonyl (C=O) groups excluding carboxylic acids is 7. The van der Waals surface area contributed by atoms with Crippen molar-refractivity contribution in [2.24, 2.45) is 21.0 Å². The van der Waals surface area contributed by atoms with Crippen LogP contribution in [0.2, 0.25) is 0 Å². The average molecular weight is 2070 g/mol. The Kier molecular flexibility index (Phi) is 69.5. The van der Waals surface area contributed by atoms with Crippen LogP contribution in [0.1, 0.15) is 353 Å². The summed E-state index contributed by atoms with van der Waals surface area (Å²) >= 11 is 3.55. The number of rotatable bonds is 47. The Bertz CT molecular complexity index is 3690. The van der Waals surface area contributed by atoms with Gasteiger partial charge in [0.25, 0.3) is 0 Å². The smallest absolute Gasteiger partial charge is 0.410 e. The Morgan fingerprint density at radius 3 is 1.09 bits per heavy atom. The second-order valence-electron chi connectivity index (χ2n) is 47.5. The van der Waals surface area contributed by atoms with E-state index in [9.17, 15) is 33.6 Å². The predicted octanol–water partition coefficient (Wildman–Crippen LogP) is 27.7. The summed E-state index contributed by atoms with van der Waals surface area (Å²) in [4.78, 5) is 104. The molecule has 0 fully saturated rings. The van der Waals surface area contributed by atoms with Crippen LogP contribution in [0.25, 0.3) is 0 Å². The minimum Gasteiger partial charge on any atom is -0.494 e. The quantitative estimate of drug-likeness (QED) is 0.0196. The van der Waals surface area contributed by atoms with Gasteiger partial charge >= 0.3 is 36.6 Å². The molecule has 0 aliphatic heterocycles. The molecule has 141 heavy (non-hydrogen) atoms. The summed E-state index contributed by atoms with van der Waals surface area (Å²) in [5.41, 5.74) is 1.76. The molecule has 0 radical (unpaired) electrons. The molecular formula is C109H205N9O19S4. The van der Waals surface area contributed by atoms with Crippen molar-refractivity contribution in [3.8, 4) is 17.2 Å². The van der Waals surface area contributed by atoms with Gasteiger partial charge in [0.1, 0.15) is 47.1 Å². The van der Waals surface area contributed by atoms with Crippen molar-refractivity contribution in [3.63, 3.8) is 0 Å². The van der Waals surface area contributed by atoms with E-state index in [2.05, 4.69) is 147 Å². The van der Waals surface area contributed by atoms with Gasteiger partial charge in [0.2, 0.25) is 5.91 Å². The van der Waals surface area contributed by atoms with E-state index in [0.717, 1.165) is 61.8 Å². The Labute approximate surface area is 875 Å². The summed E-state index contributed by atoms with van der Waals surface area (Å²) in [5, 5.41) is 4.88. The Morgan fingerprint density at radius 1 is 0.376 bits per heavy atom. The number of benzene rings is 2. The molecule has 0 heterocycles. The Hall–Kier alpha value is -6.45. The van der Waals surface area contributed by atoms with E-state index in [4.69, 9.17) is 56.9 Å². The van der Waals surface area contributed by atoms with Crippen molar-refractivity contribution in [2.45, 2.75) is 424 Å². The van der Waals surface area contributed by atoms with Crippen molar-refractivity contribution in [2.75, 3.05) is 141 Å². The maximum absolute atomic E-state index is 12.1. The van der Waals surface area contributed by atoms with Crippen molar-refractivity contribution < 1.29 is 90.5 Å². The number of thioether (sulfide) groups is 2. The number of amides is 7. The minimum absolute atomic E-state index is 0.0145. The van der Waals surface area contributed by atoms with Crippen molar-refractivity contribution in [1.29, 1.82) is 0 Å². The second kappa shape index (κ2) is 69.6. The third kappa shape index (κ3) is 91.9. The van der Waals surface area contributed by atoms with E-state index < -0.39 is 34.6 Å². The molecule has 2 aromatic rings. The van der Waals surface area contributed by atoms with E-state index in [1.165, 1.54) is 68.6 Å². The zero-order chi connectivity index (χ0) is 110. The molecular weight excluding hydrogens is 1870 g/mol. The van der Waals surface area contributed by atoms with Crippen LogP contribution in [-0.4, -0.2) is 299 Å². The van der Waals surface area contributed by atoms with Crippen molar-refractivity contribution in [3.05, 3.63) is 54.1 Å². The molecule has 0 bridgehead atoms. The van der Waals surface area contributed by atoms with Gasteiger partial charge in [-0.3, -0.25) is 9.79 Å². The lowest BCUT2D eigenvalue weighted by molar-refractivity contribution is -0.130. The first-order valence-electron chi connectivity index (χ1n) is 50.5. The fraction of sp³-hybridized carbons (Fsp3) is 0.807. The molecule has 0 saturated carbocycles. The van der Waals surface area contributed by atoms with Crippen LogP contribution in [0.4, 0.5) is 28.8 Å². The monoisotopic (exact) mass is 2070 g/mol. The molecule has 2 aromatic carbocycles. The van der Waals surface area contributed by atoms with Gasteiger partial charge in [-0.05, 0) is 271 Å². The summed E-state index contributed by atoms with van der Waals surface area (Å²) < 4.78 is 60.2. The molecule has 2 rings (SSSR count). The molecule has 0 aliphatic carbocycles. The van der Waals surface area contributed by atoms with Crippen molar-refractivity contribution in [1.82, 2.24) is 34.3 Å². The van der Waals surface area contributed by atoms with Gasteiger partial charge in [0.05, 0.1) is 56.5 Å². The highest BCUT2D eigenvalue weighted by Gasteiger charge is 2.32. The fourth-order valence-electron chi connectivity index (χ4n) is 11.4. The molecule has 28 nitrogen and oxygen atoms in total. The Morgan fingerprint density at radius 2 is 0.730 bits per heavy atom. The molecule has 0 aliphatic rings. The summed E-state index contributed by atoms with van der Waals surface area (Å²) in [6.45, 7) is 89.3. The molecule has 0 aromatic heterocycles. The van der Waals surface area contributed by atoms with Crippen LogP contribution in [-0.2, 0) is 54.0 Å². The van der Waals surface area contributed by atoms with Crippen LogP contribution in [0.15, 0.2) is 58.7 Å². The maximum Gasteiger partial charge on any atom is 0.410 e. The zero-order valence-electron chi connectivity index (χ0n) is 97.7. The SMILES string of the molecule is C/C(COC(C)C)=N\Oc1ccc(OCCCCCC(C)(C)C)cc1.CC(C)SSC(C)(C)CN(C)C(=O)OC(C)(C)C.CC(COC(=O)N(C)CCN(C)C(=O)OC(C)(C)C)SC(C)(C)C.CC(COC(C)C)=NCc1ccc(OCCCCCC(C)(C)C)cc1.CN(CCN(C)C(=O)OC(C)(C)C)C(=O)CCCCOC(C)(C)C.CN(CCN(C)C(=O)OC(C)(C)C)C(=O)OCC(C)(C)SC(C)(C)C. The van der Waals surface area contributed by atoms with Gasteiger partial charge in [-0.15, -0.1) is 23.5 Å². The van der Waals surface area contributed by atoms with Gasteiger partial charge in [0, 0.05) is 143 Å². The Balaban J connectivity index is -0.000000801. The summed E-state index contributed by atoms with van der Waals surface area (Å²) in [5.74, 6) is 2.60. The largest absolute Gasteiger partial charge is 0.494 e. The molecule has 1 atom stereocenters. The van der Waals surface area contributed by atoms with Crippen LogP contribution < -0.4 is 14.3 Å². The van der Waals surface area contributed by atoms with Crippen molar-refractivity contribution >= 4 is 99.0 Å². The molecule has 32 heteroatoms. The molecule has 824 valence electrons. The number of ether oxygens (including phenoxy) is 11. The number of nitrogens with zero attached hydrogens (tertiary/aromatic N) is 9. The lowest BCUT2D eigenvalue weighted by atomic mass is 9.89. The van der Waals surface area contributed by atoms with Gasteiger partial charge in [0.15, 0.2) is 5.75 Å². The van der Waals surface area contributed by atoms with Gasteiger partial charge in [-0.25, -0.2) is 28.8 Å². The van der Waals surface area contributed by atoms with Gasteiger partial charge < -0.3 is 91.2 Å². The maximum atomic E-state index is 12.1. The van der Waals surface area contributed by atoms with Gasteiger partial charge in [-0.1, -0.05) is 161 Å². The highest BCUT2D eigenvalue weighted by Crippen LogP contribution is 2.40. The third-order valence-electron chi connectivity index (χ3n) is 18.2. The normalized spacial score (nSPS) is 12.6. The highest BCUT2D eigenvalue weighted by atomic mass is 33.1. The number of hydrogen-bond donors (Lipinski definition) is 0. The first-order chi connectivity index (χ1) is 64.0. The van der Waals surface area contributed by atoms with Crippen LogP contribution >= 0.6 is 45.1 Å². The fourth-order valence-corrected chi connectivity index (χ4v) is 16.7. The number of carbonyl (C=O) groups is 7. The van der Waals surface area contributed by atoms with Crippen LogP contribution in [0, 0.1) is 10.8 Å². The first kappa shape index (κ1) is 141. The standard InChI is InChI=1S/C22H37NO2.C21H35NO3.C18H36N2O4S.C18H36N2O4.C17H34N2O4S.C13H27NO2S2/c1-18(2)25-17-19(3)23-16-20-10-12-21(13-11-20)24-15-9-7-8-14-22(4,5)6;1-17(2)24-16-18(3)22-25-20-12-10-19(11-13-20)23-15-9-7-8-14-21(4,5)6;1-16(2,3)24-15(22)20(10)12-11-19(9)14(21)23-13-18(7,8)25-17(4,5)6;1-17(2,3)23-14-10-9-11-15(21)19(7)12-13-20(8)16(22)24-18(4,5)6;1-13(24-17(5,6)7)12-22-14(20)18(8)10-11-19(9)15(21)23-16(2,3)4;1-10(2)17-18-13(6,7)9-14(8)11(15)16-12(3,4)5/h10-13,18H,7-9,14-17H2,1-6H3;10-13,17H,7-9,14-16H2,1-6H3;11-13H2,1-10H3;9-14H2,1-8H3;13H,10-12H2,1-9H3;10H,9H2,1-8H3/b;22-18+;;;;. The van der Waals surface area contributed by atoms with E-state index in [1.54, 1.807) is 82.7 Å². The van der Waals surface area contributed by atoms with E-state index in [-0.39, 0.29) is 72.3 Å². The topological polar surface area (TPSA) is 278 Å². The summed E-state index contributed by atoms with van der Waals surface area (Å²) in [6.07, 6.45) is 10.2. The number of aliphatic imine (C=N–C) groups is 1. The molecule has 0 saturated heterocycles. The second-order valence-corrected chi connectivity index (χ2v) is 55.8. The number of hydrogen-bond acceptors (Lipinski definition) is 25. The van der Waals surface area contributed by atoms with E-state index >= 15 is 0 Å². The summed E-state index contributed by atoms with van der Waals surface area (Å²) in [6, 6.07) is 15.8. The lowest BCUT2D eigenvalue weighted by Gasteiger charge is -2.32. The number of likely N-dealkylation sites (N-methyl/N-ethyl adjacent to an activating group) is 6. The molecule has 0 spiro atoms. The van der Waals surface area contributed by atoms with E-state index in [1.807, 2.05) is 210 Å². The summed E-state index contributed by atoms with van der Waals surface area (Å²) in [7, 11) is 15.5. The minimum atomic E-state index is -0.535. The zero-order valence-corrected chi connectivity index (χ0v) is 101. The molecule has 0 N–H and O–H groups in total. The number of oxime groups is 1. The molecule has 1 unspecified atom stereocenters. The molecule has 7 amide bonds. The first-order valence-corrected chi connectivity index (χ1v) is 54.4. The average Bonchev–Trinajstić information content (AvgIpc) is 0.863.